The molecule has 1 unspecified atom stereocenters. The van der Waals surface area contributed by atoms with Gasteiger partial charge in [0, 0.05) is 38.6 Å². The van der Waals surface area contributed by atoms with E-state index in [4.69, 9.17) is 4.74 Å². The molecule has 0 bridgehead atoms. The highest BCUT2D eigenvalue weighted by molar-refractivity contribution is 5.77. The molecule has 2 aliphatic rings. The minimum atomic E-state index is -0.493. The number of carbonyl (C=O) groups is 1. The van der Waals surface area contributed by atoms with Gasteiger partial charge in [0.05, 0.1) is 0 Å². The average molecular weight is 346 g/mol. The maximum absolute atomic E-state index is 12.1. The molecule has 2 fully saturated rings. The van der Waals surface area contributed by atoms with Crippen LogP contribution in [0.3, 0.4) is 0 Å². The number of β-amino-alcohol motifs (C(OH)–C–C–N with tert-alkyl or cyclic N) is 1. The molecular weight excluding hydrogens is 316 g/mol. The molecule has 2 saturated heterocycles. The van der Waals surface area contributed by atoms with E-state index in [1.807, 2.05) is 31.2 Å². The summed E-state index contributed by atoms with van der Waals surface area (Å²) in [6, 6.07) is 8.26. The average Bonchev–Trinajstić information content (AvgIpc) is 2.62. The van der Waals surface area contributed by atoms with Crippen molar-refractivity contribution in [2.24, 2.45) is 0 Å². The lowest BCUT2D eigenvalue weighted by Crippen LogP contribution is -2.50. The molecule has 1 aromatic carbocycles. The van der Waals surface area contributed by atoms with Crippen LogP contribution in [0.5, 0.6) is 5.75 Å². The molecule has 0 spiro atoms. The number of amides is 1. The Morgan fingerprint density at radius 3 is 2.68 bits per heavy atom. The van der Waals surface area contributed by atoms with Crippen molar-refractivity contribution in [2.45, 2.75) is 51.2 Å². The molecule has 0 radical (unpaired) electrons. The Bertz CT molecular complexity index is 570. The molecule has 25 heavy (non-hydrogen) atoms. The molecular formula is C20H30N2O3. The van der Waals surface area contributed by atoms with E-state index in [1.54, 1.807) is 0 Å². The lowest BCUT2D eigenvalue weighted by atomic mass is 9.99. The van der Waals surface area contributed by atoms with Gasteiger partial charge in [-0.1, -0.05) is 18.2 Å². The van der Waals surface area contributed by atoms with E-state index in [9.17, 15) is 9.90 Å². The number of benzene rings is 1. The summed E-state index contributed by atoms with van der Waals surface area (Å²) in [5.41, 5.74) is 1.08. The molecule has 0 aliphatic carbocycles. The van der Waals surface area contributed by atoms with Crippen molar-refractivity contribution in [3.05, 3.63) is 29.8 Å². The number of nitrogens with zero attached hydrogens (tertiary/aromatic N) is 2. The van der Waals surface area contributed by atoms with Crippen LogP contribution in [0, 0.1) is 6.92 Å². The summed E-state index contributed by atoms with van der Waals surface area (Å²) in [6.45, 7) is 5.76. The van der Waals surface area contributed by atoms with E-state index in [0.29, 0.717) is 25.1 Å². The summed E-state index contributed by atoms with van der Waals surface area (Å²) in [4.78, 5) is 16.4. The third-order valence-electron chi connectivity index (χ3n) is 5.35. The molecule has 5 nitrogen and oxygen atoms in total. The number of aliphatic hydroxyl groups is 1. The number of aryl methyl sites for hydroxylation is 1. The monoisotopic (exact) mass is 346 g/mol. The summed E-state index contributed by atoms with van der Waals surface area (Å²) in [5, 5.41) is 10.3. The van der Waals surface area contributed by atoms with Crippen LogP contribution in [0.15, 0.2) is 24.3 Å². The Morgan fingerprint density at radius 2 is 1.96 bits per heavy atom. The number of hydrogen-bond donors (Lipinski definition) is 1. The van der Waals surface area contributed by atoms with Crippen LogP contribution in [-0.4, -0.2) is 65.7 Å². The number of para-hydroxylation sites is 1. The third-order valence-corrected chi connectivity index (χ3v) is 5.35. The molecule has 1 amide bonds. The van der Waals surface area contributed by atoms with Gasteiger partial charge in [-0.25, -0.2) is 0 Å². The Kier molecular flexibility index (Phi) is 6.32. The molecule has 138 valence electrons. The van der Waals surface area contributed by atoms with Crippen molar-refractivity contribution < 1.29 is 14.6 Å². The largest absolute Gasteiger partial charge is 0.491 e. The van der Waals surface area contributed by atoms with Crippen molar-refractivity contribution in [1.29, 1.82) is 0 Å². The normalized spacial score (nSPS) is 21.4. The summed E-state index contributed by atoms with van der Waals surface area (Å²) < 4.78 is 5.74. The van der Waals surface area contributed by atoms with Gasteiger partial charge in [0.1, 0.15) is 18.5 Å². The standard InChI is InChI=1S/C20H30N2O3/c1-16-6-2-3-7-19(16)25-15-18(23)14-21-12-9-17(10-13-21)22-11-5-4-8-20(22)24/h2-3,6-7,17-18,23H,4-5,8-15H2,1H3. The van der Waals surface area contributed by atoms with E-state index in [1.165, 1.54) is 0 Å². The SMILES string of the molecule is Cc1ccccc1OCC(O)CN1CCC(N2CCCCC2=O)CC1. The highest BCUT2D eigenvalue weighted by atomic mass is 16.5. The molecule has 1 N–H and O–H groups in total. The van der Waals surface area contributed by atoms with Crippen molar-refractivity contribution >= 4 is 5.91 Å². The fraction of sp³-hybridized carbons (Fsp3) is 0.650. The van der Waals surface area contributed by atoms with Gasteiger partial charge < -0.3 is 19.6 Å². The van der Waals surface area contributed by atoms with E-state index in [2.05, 4.69) is 9.80 Å². The van der Waals surface area contributed by atoms with Gasteiger partial charge in [-0.05, 0) is 44.2 Å². The molecule has 2 heterocycles. The predicted molar refractivity (Wildman–Crippen MR) is 97.7 cm³/mol. The number of carbonyl (C=O) groups excluding carboxylic acids is 1. The molecule has 5 heteroatoms. The zero-order chi connectivity index (χ0) is 17.6. The van der Waals surface area contributed by atoms with Crippen molar-refractivity contribution in [1.82, 2.24) is 9.80 Å². The first kappa shape index (κ1) is 18.2. The second kappa shape index (κ2) is 8.68. The molecule has 0 aromatic heterocycles. The van der Waals surface area contributed by atoms with Crippen LogP contribution in [0.2, 0.25) is 0 Å². The van der Waals surface area contributed by atoms with Gasteiger partial charge >= 0.3 is 0 Å². The highest BCUT2D eigenvalue weighted by Gasteiger charge is 2.29. The van der Waals surface area contributed by atoms with Crippen LogP contribution in [0.4, 0.5) is 0 Å². The smallest absolute Gasteiger partial charge is 0.222 e. The van der Waals surface area contributed by atoms with Crippen LogP contribution in [-0.2, 0) is 4.79 Å². The number of aliphatic hydroxyl groups excluding tert-OH is 1. The second-order valence-corrected chi connectivity index (χ2v) is 7.31. The molecule has 2 aliphatic heterocycles. The fourth-order valence-corrected chi connectivity index (χ4v) is 3.88. The predicted octanol–water partition coefficient (Wildman–Crippen LogP) is 2.21. The molecule has 1 atom stereocenters. The second-order valence-electron chi connectivity index (χ2n) is 7.31. The Labute approximate surface area is 150 Å². The maximum atomic E-state index is 12.1. The maximum Gasteiger partial charge on any atom is 0.222 e. The van der Waals surface area contributed by atoms with Crippen LogP contribution in [0.1, 0.15) is 37.7 Å². The molecule has 3 rings (SSSR count). The number of piperidine rings is 2. The Morgan fingerprint density at radius 1 is 1.20 bits per heavy atom. The first-order valence-electron chi connectivity index (χ1n) is 9.52. The van der Waals surface area contributed by atoms with Crippen molar-refractivity contribution in [2.75, 3.05) is 32.8 Å². The van der Waals surface area contributed by atoms with E-state index >= 15 is 0 Å². The minimum absolute atomic E-state index is 0.315. The zero-order valence-corrected chi connectivity index (χ0v) is 15.2. The van der Waals surface area contributed by atoms with Gasteiger partial charge in [0.15, 0.2) is 0 Å². The van der Waals surface area contributed by atoms with Gasteiger partial charge in [0.25, 0.3) is 0 Å². The van der Waals surface area contributed by atoms with Crippen molar-refractivity contribution in [3.8, 4) is 5.75 Å². The van der Waals surface area contributed by atoms with Crippen LogP contribution in [0.25, 0.3) is 0 Å². The quantitative estimate of drug-likeness (QED) is 0.858. The Hall–Kier alpha value is -1.59. The van der Waals surface area contributed by atoms with Gasteiger partial charge in [-0.3, -0.25) is 4.79 Å². The molecule has 1 aromatic rings. The highest BCUT2D eigenvalue weighted by Crippen LogP contribution is 2.22. The topological polar surface area (TPSA) is 53.0 Å². The lowest BCUT2D eigenvalue weighted by molar-refractivity contribution is -0.136. The summed E-state index contributed by atoms with van der Waals surface area (Å²) >= 11 is 0. The zero-order valence-electron chi connectivity index (χ0n) is 15.2. The van der Waals surface area contributed by atoms with Gasteiger partial charge in [-0.15, -0.1) is 0 Å². The molecule has 0 saturated carbocycles. The summed E-state index contributed by atoms with van der Waals surface area (Å²) in [5.74, 6) is 1.17. The van der Waals surface area contributed by atoms with E-state index in [0.717, 1.165) is 63.1 Å². The number of rotatable bonds is 6. The third kappa shape index (κ3) is 4.95. The van der Waals surface area contributed by atoms with Crippen molar-refractivity contribution in [3.63, 3.8) is 0 Å². The Balaban J connectivity index is 1.39. The number of ether oxygens (including phenoxy) is 1. The first-order valence-corrected chi connectivity index (χ1v) is 9.52. The first-order chi connectivity index (χ1) is 12.1. The van der Waals surface area contributed by atoms with E-state index in [-0.39, 0.29) is 0 Å². The minimum Gasteiger partial charge on any atom is -0.491 e. The fourth-order valence-electron chi connectivity index (χ4n) is 3.88. The van der Waals surface area contributed by atoms with Crippen LogP contribution >= 0.6 is 0 Å². The van der Waals surface area contributed by atoms with Crippen LogP contribution < -0.4 is 4.74 Å². The number of likely N-dealkylation sites (tertiary alicyclic amines) is 2. The van der Waals surface area contributed by atoms with Gasteiger partial charge in [0.2, 0.25) is 5.91 Å². The summed E-state index contributed by atoms with van der Waals surface area (Å²) in [6.07, 6.45) is 4.43. The van der Waals surface area contributed by atoms with Gasteiger partial charge in [-0.2, -0.15) is 0 Å². The lowest BCUT2D eigenvalue weighted by Gasteiger charge is -2.40. The summed E-state index contributed by atoms with van der Waals surface area (Å²) in [7, 11) is 0. The number of hydrogen-bond acceptors (Lipinski definition) is 4. The van der Waals surface area contributed by atoms with E-state index < -0.39 is 6.10 Å².